The number of rotatable bonds is 1. The molecule has 0 aliphatic carbocycles. The topological polar surface area (TPSA) is 68.2 Å². The van der Waals surface area contributed by atoms with Crippen LogP contribution in [0.4, 0.5) is 12.0 Å². The molecule has 1 aromatic rings. The molecule has 0 aromatic carbocycles. The maximum atomic E-state index is 5.38. The standard InChI is InChI=1S/C8H14N4OS/c1-6-2-3-12(4-5-14-6)8-11-10-7(9)13-8/h6H,2-5H2,1H3,(H2,9,10). The van der Waals surface area contributed by atoms with E-state index in [0.717, 1.165) is 25.3 Å². The second-order valence-corrected chi connectivity index (χ2v) is 4.93. The van der Waals surface area contributed by atoms with Crippen molar-refractivity contribution in [1.29, 1.82) is 0 Å². The van der Waals surface area contributed by atoms with E-state index in [1.807, 2.05) is 11.8 Å². The second kappa shape index (κ2) is 4.08. The summed E-state index contributed by atoms with van der Waals surface area (Å²) in [6, 6.07) is 0.696. The van der Waals surface area contributed by atoms with Crippen LogP contribution in [0, 0.1) is 0 Å². The first-order valence-corrected chi connectivity index (χ1v) is 5.76. The zero-order chi connectivity index (χ0) is 9.97. The number of thioether (sulfide) groups is 1. The van der Waals surface area contributed by atoms with Gasteiger partial charge in [0.15, 0.2) is 0 Å². The van der Waals surface area contributed by atoms with Crippen LogP contribution >= 0.6 is 11.8 Å². The summed E-state index contributed by atoms with van der Waals surface area (Å²) in [5, 5.41) is 8.24. The maximum absolute atomic E-state index is 5.38. The van der Waals surface area contributed by atoms with Gasteiger partial charge in [0, 0.05) is 24.1 Å². The molecule has 0 radical (unpaired) electrons. The molecule has 1 atom stereocenters. The lowest BCUT2D eigenvalue weighted by molar-refractivity contribution is 0.548. The molecule has 0 saturated carbocycles. The Balaban J connectivity index is 2.04. The predicted octanol–water partition coefficient (Wildman–Crippen LogP) is 0.984. The molecule has 0 spiro atoms. The van der Waals surface area contributed by atoms with E-state index in [0.29, 0.717) is 11.3 Å². The molecule has 1 aliphatic heterocycles. The lowest BCUT2D eigenvalue weighted by atomic mass is 10.3. The van der Waals surface area contributed by atoms with Crippen LogP contribution in [0.2, 0.25) is 0 Å². The van der Waals surface area contributed by atoms with Crippen LogP contribution in [0.15, 0.2) is 4.42 Å². The zero-order valence-corrected chi connectivity index (χ0v) is 8.96. The van der Waals surface area contributed by atoms with Crippen LogP contribution in [0.25, 0.3) is 0 Å². The van der Waals surface area contributed by atoms with Gasteiger partial charge in [-0.15, -0.1) is 0 Å². The molecule has 1 aromatic heterocycles. The Morgan fingerprint density at radius 3 is 3.07 bits per heavy atom. The minimum atomic E-state index is 0.143. The van der Waals surface area contributed by atoms with E-state index in [9.17, 15) is 0 Å². The highest BCUT2D eigenvalue weighted by Crippen LogP contribution is 2.22. The summed E-state index contributed by atoms with van der Waals surface area (Å²) in [6.07, 6.45) is 1.15. The molecule has 0 amide bonds. The predicted molar refractivity (Wildman–Crippen MR) is 57.5 cm³/mol. The lowest BCUT2D eigenvalue weighted by Gasteiger charge is -2.15. The van der Waals surface area contributed by atoms with E-state index in [1.54, 1.807) is 0 Å². The molecule has 2 rings (SSSR count). The number of nitrogen functional groups attached to an aromatic ring is 1. The summed E-state index contributed by atoms with van der Waals surface area (Å²) in [6.45, 7) is 4.17. The molecule has 2 heterocycles. The molecule has 5 nitrogen and oxygen atoms in total. The van der Waals surface area contributed by atoms with Gasteiger partial charge in [-0.05, 0) is 6.42 Å². The first-order valence-electron chi connectivity index (χ1n) is 4.71. The van der Waals surface area contributed by atoms with Gasteiger partial charge in [-0.1, -0.05) is 17.1 Å². The fraction of sp³-hybridized carbons (Fsp3) is 0.750. The van der Waals surface area contributed by atoms with Crippen molar-refractivity contribution in [2.24, 2.45) is 0 Å². The van der Waals surface area contributed by atoms with E-state index < -0.39 is 0 Å². The van der Waals surface area contributed by atoms with Crippen molar-refractivity contribution in [1.82, 2.24) is 10.2 Å². The Labute approximate surface area is 87.0 Å². The van der Waals surface area contributed by atoms with E-state index in [2.05, 4.69) is 22.0 Å². The maximum Gasteiger partial charge on any atom is 0.319 e. The van der Waals surface area contributed by atoms with Crippen molar-refractivity contribution in [3.05, 3.63) is 0 Å². The largest absolute Gasteiger partial charge is 0.390 e. The summed E-state index contributed by atoms with van der Waals surface area (Å²) >= 11 is 1.98. The van der Waals surface area contributed by atoms with Crippen molar-refractivity contribution >= 4 is 23.8 Å². The monoisotopic (exact) mass is 214 g/mol. The molecule has 14 heavy (non-hydrogen) atoms. The molecule has 1 saturated heterocycles. The highest BCUT2D eigenvalue weighted by Gasteiger charge is 2.18. The third kappa shape index (κ3) is 2.12. The van der Waals surface area contributed by atoms with Crippen LogP contribution in [0.3, 0.4) is 0 Å². The minimum Gasteiger partial charge on any atom is -0.390 e. The fourth-order valence-electron chi connectivity index (χ4n) is 1.44. The van der Waals surface area contributed by atoms with Crippen LogP contribution in [0.5, 0.6) is 0 Å². The Hall–Kier alpha value is -0.910. The highest BCUT2D eigenvalue weighted by atomic mass is 32.2. The summed E-state index contributed by atoms with van der Waals surface area (Å²) in [5.41, 5.74) is 5.38. The average molecular weight is 214 g/mol. The SMILES string of the molecule is CC1CCN(c2nnc(N)o2)CCS1. The molecule has 6 heteroatoms. The number of hydrogen-bond acceptors (Lipinski definition) is 6. The molecule has 0 bridgehead atoms. The van der Waals surface area contributed by atoms with Gasteiger partial charge in [-0.2, -0.15) is 11.8 Å². The molecular formula is C8H14N4OS. The summed E-state index contributed by atoms with van der Waals surface area (Å²) in [7, 11) is 0. The van der Waals surface area contributed by atoms with Crippen molar-refractivity contribution < 1.29 is 4.42 Å². The van der Waals surface area contributed by atoms with E-state index in [1.165, 1.54) is 0 Å². The Bertz CT molecular complexity index is 303. The third-order valence-corrected chi connectivity index (χ3v) is 3.49. The van der Waals surface area contributed by atoms with E-state index >= 15 is 0 Å². The van der Waals surface area contributed by atoms with Gasteiger partial charge in [0.2, 0.25) is 0 Å². The quantitative estimate of drug-likeness (QED) is 0.751. The van der Waals surface area contributed by atoms with Crippen LogP contribution in [-0.4, -0.2) is 34.3 Å². The molecule has 2 N–H and O–H groups in total. The average Bonchev–Trinajstić information content (AvgIpc) is 2.46. The van der Waals surface area contributed by atoms with Gasteiger partial charge in [0.1, 0.15) is 0 Å². The summed E-state index contributed by atoms with van der Waals surface area (Å²) < 4.78 is 5.19. The van der Waals surface area contributed by atoms with Crippen molar-refractivity contribution in [3.63, 3.8) is 0 Å². The number of anilines is 2. The Kier molecular flexibility index (Phi) is 2.81. The minimum absolute atomic E-state index is 0.143. The molecule has 1 aliphatic rings. The normalized spacial score (nSPS) is 23.5. The summed E-state index contributed by atoms with van der Waals surface area (Å²) in [5.74, 6) is 1.10. The first kappa shape index (κ1) is 9.64. The van der Waals surface area contributed by atoms with E-state index in [4.69, 9.17) is 10.2 Å². The van der Waals surface area contributed by atoms with Gasteiger partial charge in [-0.3, -0.25) is 0 Å². The third-order valence-electron chi connectivity index (χ3n) is 2.27. The van der Waals surface area contributed by atoms with Crippen LogP contribution in [0.1, 0.15) is 13.3 Å². The number of nitrogens with zero attached hydrogens (tertiary/aromatic N) is 3. The zero-order valence-electron chi connectivity index (χ0n) is 8.14. The van der Waals surface area contributed by atoms with E-state index in [-0.39, 0.29) is 6.01 Å². The van der Waals surface area contributed by atoms with Gasteiger partial charge < -0.3 is 15.1 Å². The lowest BCUT2D eigenvalue weighted by Crippen LogP contribution is -2.25. The molecule has 1 unspecified atom stereocenters. The number of nitrogens with two attached hydrogens (primary N) is 1. The fourth-order valence-corrected chi connectivity index (χ4v) is 2.44. The van der Waals surface area contributed by atoms with Crippen molar-refractivity contribution in [3.8, 4) is 0 Å². The van der Waals surface area contributed by atoms with Crippen LogP contribution < -0.4 is 10.6 Å². The molecule has 1 fully saturated rings. The number of hydrogen-bond donors (Lipinski definition) is 1. The highest BCUT2D eigenvalue weighted by molar-refractivity contribution is 7.99. The van der Waals surface area contributed by atoms with Gasteiger partial charge >= 0.3 is 12.0 Å². The van der Waals surface area contributed by atoms with Gasteiger partial charge in [0.25, 0.3) is 0 Å². The van der Waals surface area contributed by atoms with Crippen LogP contribution in [-0.2, 0) is 0 Å². The Morgan fingerprint density at radius 1 is 1.50 bits per heavy atom. The van der Waals surface area contributed by atoms with Crippen molar-refractivity contribution in [2.75, 3.05) is 29.5 Å². The molecular weight excluding hydrogens is 200 g/mol. The smallest absolute Gasteiger partial charge is 0.319 e. The number of aromatic nitrogens is 2. The van der Waals surface area contributed by atoms with Crippen molar-refractivity contribution in [2.45, 2.75) is 18.6 Å². The second-order valence-electron chi connectivity index (χ2n) is 3.38. The van der Waals surface area contributed by atoms with Gasteiger partial charge in [0.05, 0.1) is 0 Å². The molecule has 78 valence electrons. The van der Waals surface area contributed by atoms with Gasteiger partial charge in [-0.25, -0.2) is 0 Å². The summed E-state index contributed by atoms with van der Waals surface area (Å²) in [4.78, 5) is 2.10. The first-order chi connectivity index (χ1) is 6.75. The Morgan fingerprint density at radius 2 is 2.36 bits per heavy atom.